The molecule has 2 N–H and O–H groups in total. The Balaban J connectivity index is 2.79. The molecule has 0 spiro atoms. The third-order valence-electron chi connectivity index (χ3n) is 3.78. The van der Waals surface area contributed by atoms with E-state index in [0.29, 0.717) is 30.3 Å². The third kappa shape index (κ3) is 5.06. The molecule has 0 fully saturated rings. The van der Waals surface area contributed by atoms with Crippen LogP contribution in [0.25, 0.3) is 0 Å². The van der Waals surface area contributed by atoms with Gasteiger partial charge in [-0.3, -0.25) is 4.79 Å². The molecule has 0 aliphatic rings. The van der Waals surface area contributed by atoms with Crippen molar-refractivity contribution < 1.29 is 9.59 Å². The molecule has 0 aromatic heterocycles. The molecule has 3 amide bonds. The van der Waals surface area contributed by atoms with Crippen LogP contribution < -0.4 is 10.6 Å². The summed E-state index contributed by atoms with van der Waals surface area (Å²) in [7, 11) is 0. The van der Waals surface area contributed by atoms with Crippen molar-refractivity contribution in [2.45, 2.75) is 47.1 Å². The van der Waals surface area contributed by atoms with Crippen LogP contribution >= 0.6 is 0 Å². The van der Waals surface area contributed by atoms with E-state index >= 15 is 0 Å². The van der Waals surface area contributed by atoms with Crippen LogP contribution in [0.5, 0.6) is 0 Å². The van der Waals surface area contributed by atoms with Crippen LogP contribution in [0.15, 0.2) is 24.3 Å². The summed E-state index contributed by atoms with van der Waals surface area (Å²) in [4.78, 5) is 25.6. The maximum absolute atomic E-state index is 12.4. The molecular formula is C17H27N3O2. The summed E-state index contributed by atoms with van der Waals surface area (Å²) in [6.45, 7) is 10.7. The van der Waals surface area contributed by atoms with Crippen molar-refractivity contribution in [2.24, 2.45) is 5.92 Å². The van der Waals surface area contributed by atoms with E-state index in [2.05, 4.69) is 24.5 Å². The molecule has 1 aromatic carbocycles. The van der Waals surface area contributed by atoms with Gasteiger partial charge >= 0.3 is 6.03 Å². The monoisotopic (exact) mass is 305 g/mol. The van der Waals surface area contributed by atoms with E-state index in [1.165, 1.54) is 0 Å². The lowest BCUT2D eigenvalue weighted by Gasteiger charge is -2.30. The quantitative estimate of drug-likeness (QED) is 0.836. The fourth-order valence-electron chi connectivity index (χ4n) is 2.10. The number of carbonyl (C=O) groups is 2. The second-order valence-corrected chi connectivity index (χ2v) is 5.68. The first-order valence-electron chi connectivity index (χ1n) is 7.86. The van der Waals surface area contributed by atoms with E-state index in [1.807, 2.05) is 30.9 Å². The predicted molar refractivity (Wildman–Crippen MR) is 91.1 cm³/mol. The summed E-state index contributed by atoms with van der Waals surface area (Å²) in [5.74, 6) is 0.341. The van der Waals surface area contributed by atoms with E-state index in [-0.39, 0.29) is 18.0 Å². The lowest BCUT2D eigenvalue weighted by molar-refractivity contribution is -0.115. The highest BCUT2D eigenvalue weighted by molar-refractivity contribution is 5.93. The van der Waals surface area contributed by atoms with E-state index in [0.717, 1.165) is 0 Å². The smallest absolute Gasteiger partial charge is 0.322 e. The Morgan fingerprint density at radius 3 is 2.18 bits per heavy atom. The Bertz CT molecular complexity index is 514. The van der Waals surface area contributed by atoms with Crippen molar-refractivity contribution in [1.82, 2.24) is 4.90 Å². The van der Waals surface area contributed by atoms with Gasteiger partial charge in [-0.2, -0.15) is 0 Å². The standard InChI is InChI=1S/C17H27N3O2/c1-6-16(21)18-14-9-8-10-15(11-14)19-17(22)20(7-2)13(5)12(3)4/h8-13H,6-7H2,1-5H3,(H,18,21)(H,19,22)/t13-/m1/s1. The van der Waals surface area contributed by atoms with Gasteiger partial charge in [0.1, 0.15) is 0 Å². The highest BCUT2D eigenvalue weighted by Gasteiger charge is 2.21. The third-order valence-corrected chi connectivity index (χ3v) is 3.78. The largest absolute Gasteiger partial charge is 0.326 e. The second kappa shape index (κ2) is 8.41. The van der Waals surface area contributed by atoms with Crippen molar-refractivity contribution in [2.75, 3.05) is 17.2 Å². The number of nitrogens with one attached hydrogen (secondary N) is 2. The number of urea groups is 1. The molecule has 0 heterocycles. The molecule has 0 aliphatic heterocycles. The Morgan fingerprint density at radius 2 is 1.68 bits per heavy atom. The van der Waals surface area contributed by atoms with Crippen molar-refractivity contribution in [3.05, 3.63) is 24.3 Å². The van der Waals surface area contributed by atoms with Crippen LogP contribution in [0, 0.1) is 5.92 Å². The minimum Gasteiger partial charge on any atom is -0.326 e. The number of nitrogens with zero attached hydrogens (tertiary/aromatic N) is 1. The zero-order valence-electron chi connectivity index (χ0n) is 14.1. The van der Waals surface area contributed by atoms with Crippen LogP contribution in [0.1, 0.15) is 41.0 Å². The average Bonchev–Trinajstić information content (AvgIpc) is 2.47. The zero-order chi connectivity index (χ0) is 16.7. The van der Waals surface area contributed by atoms with Gasteiger partial charge in [0, 0.05) is 30.4 Å². The van der Waals surface area contributed by atoms with Crippen LogP contribution in [0.2, 0.25) is 0 Å². The first-order valence-corrected chi connectivity index (χ1v) is 7.86. The summed E-state index contributed by atoms with van der Waals surface area (Å²) in [6, 6.07) is 7.23. The Morgan fingerprint density at radius 1 is 1.09 bits per heavy atom. The Hall–Kier alpha value is -2.04. The molecule has 1 atom stereocenters. The van der Waals surface area contributed by atoms with Crippen molar-refractivity contribution in [1.29, 1.82) is 0 Å². The lowest BCUT2D eigenvalue weighted by Crippen LogP contribution is -2.43. The first-order chi connectivity index (χ1) is 10.4. The van der Waals surface area contributed by atoms with Crippen LogP contribution in [0.4, 0.5) is 16.2 Å². The van der Waals surface area contributed by atoms with Gasteiger partial charge in [0.25, 0.3) is 0 Å². The normalized spacial score (nSPS) is 11.9. The molecule has 0 unspecified atom stereocenters. The van der Waals surface area contributed by atoms with Gasteiger partial charge in [0.2, 0.25) is 5.91 Å². The van der Waals surface area contributed by atoms with Crippen LogP contribution in [0.3, 0.4) is 0 Å². The topological polar surface area (TPSA) is 61.4 Å². The number of amides is 3. The second-order valence-electron chi connectivity index (χ2n) is 5.68. The van der Waals surface area contributed by atoms with Gasteiger partial charge in [-0.1, -0.05) is 26.8 Å². The number of hydrogen-bond donors (Lipinski definition) is 2. The number of rotatable bonds is 6. The van der Waals surface area contributed by atoms with Crippen LogP contribution in [-0.4, -0.2) is 29.4 Å². The van der Waals surface area contributed by atoms with E-state index in [4.69, 9.17) is 0 Å². The van der Waals surface area contributed by atoms with E-state index in [1.54, 1.807) is 19.1 Å². The minimum absolute atomic E-state index is 0.0490. The molecule has 122 valence electrons. The highest BCUT2D eigenvalue weighted by atomic mass is 16.2. The van der Waals surface area contributed by atoms with Crippen molar-refractivity contribution in [3.63, 3.8) is 0 Å². The Labute approximate surface area is 133 Å². The maximum atomic E-state index is 12.4. The first kappa shape index (κ1) is 18.0. The number of hydrogen-bond acceptors (Lipinski definition) is 2. The molecule has 0 saturated heterocycles. The fraction of sp³-hybridized carbons (Fsp3) is 0.529. The van der Waals surface area contributed by atoms with Crippen molar-refractivity contribution in [3.8, 4) is 0 Å². The molecule has 5 nitrogen and oxygen atoms in total. The van der Waals surface area contributed by atoms with Gasteiger partial charge in [0.15, 0.2) is 0 Å². The summed E-state index contributed by atoms with van der Waals surface area (Å²) >= 11 is 0. The molecule has 0 radical (unpaired) electrons. The molecule has 0 saturated carbocycles. The molecular weight excluding hydrogens is 278 g/mol. The van der Waals surface area contributed by atoms with Gasteiger partial charge in [-0.05, 0) is 38.0 Å². The predicted octanol–water partition coefficient (Wildman–Crippen LogP) is 3.93. The average molecular weight is 305 g/mol. The summed E-state index contributed by atoms with van der Waals surface area (Å²) in [5, 5.41) is 5.68. The SMILES string of the molecule is CCC(=O)Nc1cccc(NC(=O)N(CC)[C@H](C)C(C)C)c1. The highest BCUT2D eigenvalue weighted by Crippen LogP contribution is 2.17. The van der Waals surface area contributed by atoms with Gasteiger partial charge in [0.05, 0.1) is 0 Å². The van der Waals surface area contributed by atoms with Gasteiger partial charge in [-0.15, -0.1) is 0 Å². The van der Waals surface area contributed by atoms with Crippen LogP contribution in [-0.2, 0) is 4.79 Å². The maximum Gasteiger partial charge on any atom is 0.322 e. The molecule has 22 heavy (non-hydrogen) atoms. The fourth-order valence-corrected chi connectivity index (χ4v) is 2.10. The summed E-state index contributed by atoms with van der Waals surface area (Å²) in [5.41, 5.74) is 1.36. The molecule has 0 bridgehead atoms. The summed E-state index contributed by atoms with van der Waals surface area (Å²) in [6.07, 6.45) is 0.423. The lowest BCUT2D eigenvalue weighted by atomic mass is 10.1. The van der Waals surface area contributed by atoms with Gasteiger partial charge in [-0.25, -0.2) is 4.79 Å². The molecule has 0 aliphatic carbocycles. The molecule has 5 heteroatoms. The van der Waals surface area contributed by atoms with E-state index < -0.39 is 0 Å². The van der Waals surface area contributed by atoms with Crippen molar-refractivity contribution >= 4 is 23.3 Å². The minimum atomic E-state index is -0.123. The zero-order valence-corrected chi connectivity index (χ0v) is 14.1. The molecule has 1 rings (SSSR count). The number of carbonyl (C=O) groups excluding carboxylic acids is 2. The number of anilines is 2. The molecule has 1 aromatic rings. The summed E-state index contributed by atoms with van der Waals surface area (Å²) < 4.78 is 0. The van der Waals surface area contributed by atoms with Gasteiger partial charge < -0.3 is 15.5 Å². The Kier molecular flexibility index (Phi) is 6.89. The number of benzene rings is 1. The van der Waals surface area contributed by atoms with E-state index in [9.17, 15) is 9.59 Å².